The first-order valence-electron chi connectivity index (χ1n) is 15.1. The van der Waals surface area contributed by atoms with Crippen molar-refractivity contribution in [2.75, 3.05) is 45.9 Å². The highest BCUT2D eigenvalue weighted by Crippen LogP contribution is 2.23. The topological polar surface area (TPSA) is 204 Å². The number of carbonyl (C=O) groups excluding carboxylic acids is 4. The number of hydrogen-bond acceptors (Lipinski definition) is 8. The number of alkyl halides is 2. The number of halogens is 4. The van der Waals surface area contributed by atoms with Gasteiger partial charge in [-0.1, -0.05) is 0 Å². The van der Waals surface area contributed by atoms with Crippen LogP contribution in [-0.2, 0) is 19.2 Å². The van der Waals surface area contributed by atoms with Gasteiger partial charge in [0.25, 0.3) is 18.2 Å². The number of nitrogens with zero attached hydrogens (tertiary/aromatic N) is 5. The fourth-order valence-corrected chi connectivity index (χ4v) is 5.33. The van der Waals surface area contributed by atoms with Gasteiger partial charge in [-0.05, 0) is 31.4 Å². The molecule has 16 nitrogen and oxygen atoms in total. The minimum absolute atomic E-state index is 0.00270. The van der Waals surface area contributed by atoms with E-state index in [1.165, 1.54) is 4.90 Å². The maximum absolute atomic E-state index is 14.2. The van der Waals surface area contributed by atoms with Crippen molar-refractivity contribution in [3.63, 3.8) is 0 Å². The van der Waals surface area contributed by atoms with E-state index >= 15 is 0 Å². The zero-order valence-corrected chi connectivity index (χ0v) is 25.8. The molecule has 0 radical (unpaired) electrons. The van der Waals surface area contributed by atoms with E-state index < -0.39 is 91.1 Å². The number of hydrogen-bond donors (Lipinski definition) is 4. The van der Waals surface area contributed by atoms with Gasteiger partial charge < -0.3 is 40.3 Å². The number of likely N-dealkylation sites (tertiary alicyclic amines) is 1. The maximum Gasteiger partial charge on any atom is 0.407 e. The van der Waals surface area contributed by atoms with Gasteiger partial charge in [0, 0.05) is 51.3 Å². The summed E-state index contributed by atoms with van der Waals surface area (Å²) >= 11 is 0. The molecule has 0 spiro atoms. The molecule has 2 atom stereocenters. The molecule has 0 aliphatic carbocycles. The summed E-state index contributed by atoms with van der Waals surface area (Å²) in [6, 6.07) is 1.24. The molecule has 5 amide bonds. The summed E-state index contributed by atoms with van der Waals surface area (Å²) in [6.45, 7) is -1.52. The van der Waals surface area contributed by atoms with Crippen molar-refractivity contribution in [2.45, 2.75) is 44.2 Å². The molecule has 1 aromatic carbocycles. The van der Waals surface area contributed by atoms with Gasteiger partial charge in [-0.25, -0.2) is 27.0 Å². The third kappa shape index (κ3) is 9.35. The molecule has 2 aliphatic rings. The van der Waals surface area contributed by atoms with Gasteiger partial charge in [-0.3, -0.25) is 24.0 Å². The van der Waals surface area contributed by atoms with Gasteiger partial charge in [0.05, 0.1) is 12.2 Å². The Morgan fingerprint density at radius 1 is 0.959 bits per heavy atom. The minimum Gasteiger partial charge on any atom is -0.481 e. The quantitative estimate of drug-likeness (QED) is 0.216. The van der Waals surface area contributed by atoms with Gasteiger partial charge in [0.1, 0.15) is 12.1 Å². The van der Waals surface area contributed by atoms with Crippen molar-refractivity contribution in [2.24, 2.45) is 0 Å². The van der Waals surface area contributed by atoms with E-state index in [4.69, 9.17) is 4.74 Å². The number of aromatic nitrogens is 2. The van der Waals surface area contributed by atoms with Crippen molar-refractivity contribution in [3.05, 3.63) is 41.6 Å². The number of nitrogens with one attached hydrogen (secondary N) is 2. The molecule has 20 heteroatoms. The molecule has 49 heavy (non-hydrogen) atoms. The van der Waals surface area contributed by atoms with Crippen LogP contribution in [0.4, 0.5) is 22.4 Å². The fraction of sp³-hybridized carbons (Fsp3) is 0.483. The lowest BCUT2D eigenvalue weighted by Gasteiger charge is -2.35. The summed E-state index contributed by atoms with van der Waals surface area (Å²) in [5, 5.41) is 26.9. The number of benzene rings is 1. The predicted molar refractivity (Wildman–Crippen MR) is 157 cm³/mol. The summed E-state index contributed by atoms with van der Waals surface area (Å²) in [6.07, 6.45) is -4.18. The Balaban J connectivity index is 1.54. The lowest BCUT2D eigenvalue weighted by atomic mass is 10.1. The molecular formula is C29H33F4N7O9. The first-order valence-corrected chi connectivity index (χ1v) is 15.1. The number of carboxylic acid groups (broad SMARTS) is 2. The highest BCUT2D eigenvalue weighted by molar-refractivity contribution is 5.96. The Bertz CT molecular complexity index is 1580. The number of aliphatic carboxylic acids is 1. The third-order valence-electron chi connectivity index (χ3n) is 7.82. The van der Waals surface area contributed by atoms with Crippen molar-refractivity contribution in [3.8, 4) is 11.6 Å². The Morgan fingerprint density at radius 3 is 2.29 bits per heavy atom. The number of piperazine rings is 1. The SMILES string of the molecule is O=C(O)CCC(NC(=O)c1cc(OCC(=O)N2CCCC2C(=O)NCC(F)F)n(-c2ccc(F)c(F)c2)n1)C(=O)N1CCN(C(=O)O)CC1. The van der Waals surface area contributed by atoms with E-state index in [1.807, 2.05) is 0 Å². The molecule has 4 rings (SSSR count). The second kappa shape index (κ2) is 16.1. The molecule has 0 bridgehead atoms. The van der Waals surface area contributed by atoms with Crippen molar-refractivity contribution < 1.29 is 61.3 Å². The van der Waals surface area contributed by atoms with E-state index in [2.05, 4.69) is 15.7 Å². The molecule has 0 saturated carbocycles. The molecule has 2 fully saturated rings. The molecule has 2 unspecified atom stereocenters. The van der Waals surface area contributed by atoms with Crippen molar-refractivity contribution in [1.82, 2.24) is 35.1 Å². The Hall–Kier alpha value is -5.43. The fourth-order valence-electron chi connectivity index (χ4n) is 5.33. The van der Waals surface area contributed by atoms with Gasteiger partial charge >= 0.3 is 12.1 Å². The number of carboxylic acids is 1. The Labute approximate surface area is 275 Å². The highest BCUT2D eigenvalue weighted by atomic mass is 19.3. The lowest BCUT2D eigenvalue weighted by Crippen LogP contribution is -2.55. The smallest absolute Gasteiger partial charge is 0.407 e. The van der Waals surface area contributed by atoms with Gasteiger partial charge in [0.2, 0.25) is 17.7 Å². The van der Waals surface area contributed by atoms with Crippen LogP contribution in [0.25, 0.3) is 5.69 Å². The molecule has 3 heterocycles. The first-order chi connectivity index (χ1) is 23.2. The van der Waals surface area contributed by atoms with Crippen molar-refractivity contribution in [1.29, 1.82) is 0 Å². The second-order valence-corrected chi connectivity index (χ2v) is 11.1. The summed E-state index contributed by atoms with van der Waals surface area (Å²) in [4.78, 5) is 78.1. The summed E-state index contributed by atoms with van der Waals surface area (Å²) in [7, 11) is 0. The van der Waals surface area contributed by atoms with E-state index in [9.17, 15) is 56.5 Å². The third-order valence-corrected chi connectivity index (χ3v) is 7.82. The second-order valence-electron chi connectivity index (χ2n) is 11.1. The van der Waals surface area contributed by atoms with Crippen LogP contribution in [0, 0.1) is 11.6 Å². The van der Waals surface area contributed by atoms with Gasteiger partial charge in [0.15, 0.2) is 23.9 Å². The van der Waals surface area contributed by atoms with E-state index in [1.54, 1.807) is 0 Å². The standard InChI is InChI=1S/C29H33F4N7O9/c30-17-4-3-16(12-18(17)31)40-24(49-15-23(41)39-7-1-2-21(39)27(45)34-14-22(32)33)13-20(36-40)26(44)35-19(5-6-25(42)43)28(46)37-8-10-38(11-9-37)29(47)48/h3-4,12-13,19,21-22H,1-2,5-11,14-15H2,(H,34,45)(H,35,44)(H,42,43)(H,47,48). The summed E-state index contributed by atoms with van der Waals surface area (Å²) in [5.74, 6) is -7.20. The zero-order chi connectivity index (χ0) is 35.8. The average Bonchev–Trinajstić information content (AvgIpc) is 3.73. The minimum atomic E-state index is -2.79. The van der Waals surface area contributed by atoms with E-state index in [0.717, 1.165) is 38.7 Å². The van der Waals surface area contributed by atoms with Gasteiger partial charge in [-0.15, -0.1) is 0 Å². The molecule has 2 aromatic rings. The van der Waals surface area contributed by atoms with Crippen molar-refractivity contribution >= 4 is 35.7 Å². The summed E-state index contributed by atoms with van der Waals surface area (Å²) < 4.78 is 59.5. The molecule has 266 valence electrons. The average molecular weight is 700 g/mol. The van der Waals surface area contributed by atoms with Crippen LogP contribution in [0.2, 0.25) is 0 Å². The molecular weight excluding hydrogens is 666 g/mol. The highest BCUT2D eigenvalue weighted by Gasteiger charge is 2.35. The number of ether oxygens (including phenoxy) is 1. The monoisotopic (exact) mass is 699 g/mol. The maximum atomic E-state index is 14.2. The largest absolute Gasteiger partial charge is 0.481 e. The van der Waals surface area contributed by atoms with Crippen LogP contribution in [0.1, 0.15) is 36.2 Å². The number of amides is 5. The van der Waals surface area contributed by atoms with E-state index in [-0.39, 0.29) is 57.1 Å². The molecule has 4 N–H and O–H groups in total. The first kappa shape index (κ1) is 36.4. The summed E-state index contributed by atoms with van der Waals surface area (Å²) in [5.41, 5.74) is -0.568. The van der Waals surface area contributed by atoms with Crippen LogP contribution < -0.4 is 15.4 Å². The number of carbonyl (C=O) groups is 6. The Morgan fingerprint density at radius 2 is 1.65 bits per heavy atom. The zero-order valence-electron chi connectivity index (χ0n) is 25.8. The van der Waals surface area contributed by atoms with E-state index in [0.29, 0.717) is 6.42 Å². The van der Waals surface area contributed by atoms with Crippen LogP contribution in [0.3, 0.4) is 0 Å². The van der Waals surface area contributed by atoms with Crippen LogP contribution in [0.15, 0.2) is 24.3 Å². The number of rotatable bonds is 13. The lowest BCUT2D eigenvalue weighted by molar-refractivity contribution is -0.140. The molecule has 1 aromatic heterocycles. The molecule has 2 aliphatic heterocycles. The predicted octanol–water partition coefficient (Wildman–Crippen LogP) is 0.687. The van der Waals surface area contributed by atoms with Gasteiger partial charge in [-0.2, -0.15) is 5.10 Å². The van der Waals surface area contributed by atoms with Crippen LogP contribution >= 0.6 is 0 Å². The van der Waals surface area contributed by atoms with Crippen LogP contribution in [-0.4, -0.2) is 135 Å². The normalized spacial score (nSPS) is 16.8. The van der Waals surface area contributed by atoms with Crippen LogP contribution in [0.5, 0.6) is 5.88 Å². The Kier molecular flexibility index (Phi) is 12.0. The molecule has 2 saturated heterocycles.